The molecule has 0 saturated heterocycles. The van der Waals surface area contributed by atoms with E-state index >= 15 is 0 Å². The van der Waals surface area contributed by atoms with Crippen LogP contribution in [-0.2, 0) is 0 Å². The minimum atomic E-state index is -0.422. The van der Waals surface area contributed by atoms with Gasteiger partial charge in [0.25, 0.3) is 0 Å². The molecule has 0 amide bonds. The molecule has 0 atom stereocenters. The van der Waals surface area contributed by atoms with E-state index in [4.69, 9.17) is 14.2 Å². The number of carbonyl (C=O) groups is 1. The molecule has 35 heavy (non-hydrogen) atoms. The van der Waals surface area contributed by atoms with Crippen LogP contribution in [0.1, 0.15) is 63.7 Å². The van der Waals surface area contributed by atoms with E-state index in [-0.39, 0.29) is 0 Å². The Morgan fingerprint density at radius 2 is 1.14 bits per heavy atom. The van der Waals surface area contributed by atoms with Crippen LogP contribution in [0.3, 0.4) is 0 Å². The van der Waals surface area contributed by atoms with Crippen molar-refractivity contribution in [1.29, 1.82) is 0 Å². The van der Waals surface area contributed by atoms with Gasteiger partial charge in [0.05, 0.1) is 18.8 Å². The summed E-state index contributed by atoms with van der Waals surface area (Å²) in [6, 6.07) is 14.4. The molecule has 0 heterocycles. The Morgan fingerprint density at radius 3 is 1.60 bits per heavy atom. The zero-order valence-corrected chi connectivity index (χ0v) is 22.1. The van der Waals surface area contributed by atoms with Crippen LogP contribution in [0.15, 0.2) is 48.5 Å². The lowest BCUT2D eigenvalue weighted by Crippen LogP contribution is -2.24. The number of para-hydroxylation sites is 1. The van der Waals surface area contributed by atoms with Crippen LogP contribution >= 0.6 is 0 Å². The number of unbranched alkanes of at least 4 members (excludes halogenated alkanes) is 2. The van der Waals surface area contributed by atoms with Gasteiger partial charge in [0.1, 0.15) is 17.2 Å². The summed E-state index contributed by atoms with van der Waals surface area (Å²) in [5.41, 5.74) is 0.424. The Morgan fingerprint density at radius 1 is 0.657 bits per heavy atom. The molecule has 2 rings (SSSR count). The summed E-state index contributed by atoms with van der Waals surface area (Å²) >= 11 is 0. The Kier molecular flexibility index (Phi) is 13.9. The predicted molar refractivity (Wildman–Crippen MR) is 143 cm³/mol. The fourth-order valence-corrected chi connectivity index (χ4v) is 3.85. The van der Waals surface area contributed by atoms with Gasteiger partial charge in [-0.2, -0.15) is 0 Å². The van der Waals surface area contributed by atoms with E-state index in [9.17, 15) is 4.79 Å². The van der Waals surface area contributed by atoms with Crippen molar-refractivity contribution >= 4 is 5.97 Å². The molecular formula is C29H44N2O4. The van der Waals surface area contributed by atoms with Gasteiger partial charge < -0.3 is 24.0 Å². The monoisotopic (exact) mass is 484 g/mol. The van der Waals surface area contributed by atoms with Gasteiger partial charge in [0.15, 0.2) is 0 Å². The predicted octanol–water partition coefficient (Wildman–Crippen LogP) is 5.91. The highest BCUT2D eigenvalue weighted by Crippen LogP contribution is 2.25. The highest BCUT2D eigenvalue weighted by Gasteiger charge is 2.13. The number of carbonyl (C=O) groups excluding carboxylic acids is 1. The molecule has 2 aromatic carbocycles. The van der Waals surface area contributed by atoms with Crippen molar-refractivity contribution in [2.24, 2.45) is 0 Å². The normalized spacial score (nSPS) is 11.1. The van der Waals surface area contributed by atoms with E-state index in [0.29, 0.717) is 36.0 Å². The van der Waals surface area contributed by atoms with Crippen molar-refractivity contribution in [3.05, 3.63) is 54.1 Å². The van der Waals surface area contributed by atoms with Gasteiger partial charge in [-0.3, -0.25) is 0 Å². The lowest BCUT2D eigenvalue weighted by molar-refractivity contribution is 0.0733. The molecule has 6 heteroatoms. The Labute approximate surface area is 212 Å². The van der Waals surface area contributed by atoms with Crippen LogP contribution in [0.5, 0.6) is 17.2 Å². The maximum Gasteiger partial charge on any atom is 0.343 e. The second-order valence-corrected chi connectivity index (χ2v) is 8.56. The van der Waals surface area contributed by atoms with E-state index in [2.05, 4.69) is 37.5 Å². The van der Waals surface area contributed by atoms with E-state index in [0.717, 1.165) is 65.0 Å². The summed E-state index contributed by atoms with van der Waals surface area (Å²) in [4.78, 5) is 17.6. The van der Waals surface area contributed by atoms with Crippen LogP contribution in [0.25, 0.3) is 0 Å². The lowest BCUT2D eigenvalue weighted by atomic mass is 10.2. The molecule has 0 spiro atoms. The van der Waals surface area contributed by atoms with Crippen molar-refractivity contribution in [2.45, 2.75) is 53.4 Å². The summed E-state index contributed by atoms with van der Waals surface area (Å²) in [6.07, 6.45) is 4.06. The summed E-state index contributed by atoms with van der Waals surface area (Å²) in [7, 11) is 0. The highest BCUT2D eigenvalue weighted by molar-refractivity contribution is 5.92. The van der Waals surface area contributed by atoms with Crippen LogP contribution in [0.2, 0.25) is 0 Å². The number of hydrogen-bond acceptors (Lipinski definition) is 6. The average molecular weight is 485 g/mol. The smallest absolute Gasteiger partial charge is 0.343 e. The molecule has 0 aliphatic heterocycles. The molecule has 0 aromatic heterocycles. The highest BCUT2D eigenvalue weighted by atomic mass is 16.5. The van der Waals surface area contributed by atoms with Crippen LogP contribution in [-0.4, -0.2) is 68.3 Å². The van der Waals surface area contributed by atoms with Gasteiger partial charge in [-0.1, -0.05) is 45.9 Å². The third kappa shape index (κ3) is 11.1. The zero-order chi connectivity index (χ0) is 25.3. The summed E-state index contributed by atoms with van der Waals surface area (Å²) in [5, 5.41) is 0. The summed E-state index contributed by atoms with van der Waals surface area (Å²) in [6.45, 7) is 16.4. The Bertz CT molecular complexity index is 796. The molecule has 6 nitrogen and oxygen atoms in total. The molecular weight excluding hydrogens is 440 g/mol. The van der Waals surface area contributed by atoms with Crippen molar-refractivity contribution in [2.75, 3.05) is 52.5 Å². The second kappa shape index (κ2) is 17.0. The van der Waals surface area contributed by atoms with Crippen LogP contribution < -0.4 is 14.2 Å². The first-order chi connectivity index (χ1) is 17.1. The fourth-order valence-electron chi connectivity index (χ4n) is 3.85. The largest absolute Gasteiger partial charge is 0.493 e. The Balaban J connectivity index is 1.97. The number of benzene rings is 2. The third-order valence-corrected chi connectivity index (χ3v) is 6.13. The van der Waals surface area contributed by atoms with Gasteiger partial charge in [-0.15, -0.1) is 0 Å². The van der Waals surface area contributed by atoms with Gasteiger partial charge in [-0.25, -0.2) is 4.79 Å². The number of nitrogens with zero attached hydrogens (tertiary/aromatic N) is 2. The topological polar surface area (TPSA) is 51.2 Å². The molecule has 0 aliphatic carbocycles. The average Bonchev–Trinajstić information content (AvgIpc) is 2.89. The minimum Gasteiger partial charge on any atom is -0.493 e. The number of esters is 1. The molecule has 2 aromatic rings. The minimum absolute atomic E-state index is 0.422. The maximum absolute atomic E-state index is 12.8. The first-order valence-electron chi connectivity index (χ1n) is 13.2. The molecule has 0 unspecified atom stereocenters. The third-order valence-electron chi connectivity index (χ3n) is 6.13. The van der Waals surface area contributed by atoms with Crippen molar-refractivity contribution < 1.29 is 19.0 Å². The molecule has 0 N–H and O–H groups in total. The van der Waals surface area contributed by atoms with E-state index in [1.807, 2.05) is 24.3 Å². The number of rotatable bonds is 18. The van der Waals surface area contributed by atoms with E-state index in [1.54, 1.807) is 24.3 Å². The van der Waals surface area contributed by atoms with Crippen molar-refractivity contribution in [3.8, 4) is 17.2 Å². The first-order valence-corrected chi connectivity index (χ1v) is 13.2. The lowest BCUT2D eigenvalue weighted by Gasteiger charge is -2.18. The second-order valence-electron chi connectivity index (χ2n) is 8.56. The van der Waals surface area contributed by atoms with E-state index < -0.39 is 5.97 Å². The quantitative estimate of drug-likeness (QED) is 0.149. The SMILES string of the molecule is CCN(CC)CCCCOc1cc(OCCCCN(CC)CC)cc(C(=O)Oc2ccccc2)c1. The maximum atomic E-state index is 12.8. The van der Waals surface area contributed by atoms with Crippen LogP contribution in [0, 0.1) is 0 Å². The molecule has 0 fully saturated rings. The molecule has 0 saturated carbocycles. The fraction of sp³-hybridized carbons (Fsp3) is 0.552. The van der Waals surface area contributed by atoms with Gasteiger partial charge in [0.2, 0.25) is 0 Å². The zero-order valence-electron chi connectivity index (χ0n) is 22.1. The van der Waals surface area contributed by atoms with Crippen LogP contribution in [0.4, 0.5) is 0 Å². The molecule has 0 radical (unpaired) electrons. The van der Waals surface area contributed by atoms with Gasteiger partial charge in [0, 0.05) is 6.07 Å². The Hall–Kier alpha value is -2.57. The van der Waals surface area contributed by atoms with Gasteiger partial charge >= 0.3 is 5.97 Å². The standard InChI is InChI=1S/C29H44N2O4/c1-5-30(6-2)18-12-14-20-33-27-22-25(29(32)35-26-16-10-9-11-17-26)23-28(24-27)34-21-15-13-19-31(7-3)8-4/h9-11,16-17,22-24H,5-8,12-15,18-21H2,1-4H3. The van der Waals surface area contributed by atoms with E-state index in [1.165, 1.54) is 0 Å². The van der Waals surface area contributed by atoms with Crippen molar-refractivity contribution in [3.63, 3.8) is 0 Å². The number of ether oxygens (including phenoxy) is 3. The van der Waals surface area contributed by atoms with Crippen molar-refractivity contribution in [1.82, 2.24) is 9.80 Å². The first kappa shape index (κ1) is 28.7. The molecule has 194 valence electrons. The van der Waals surface area contributed by atoms with Gasteiger partial charge in [-0.05, 0) is 89.2 Å². The molecule has 0 aliphatic rings. The molecule has 0 bridgehead atoms. The summed E-state index contributed by atoms with van der Waals surface area (Å²) in [5.74, 6) is 1.36. The number of hydrogen-bond donors (Lipinski definition) is 0. The summed E-state index contributed by atoms with van der Waals surface area (Å²) < 4.78 is 17.6.